The normalized spacial score (nSPS) is 23.9. The summed E-state index contributed by atoms with van der Waals surface area (Å²) >= 11 is 0. The Kier molecular flexibility index (Phi) is 4.85. The summed E-state index contributed by atoms with van der Waals surface area (Å²) < 4.78 is 0. The standard InChI is InChI=1S/C20H28N2O3/c1-20(2,3)14-7-4-5-8-16(14)22-19(25)13-11-12-15(21-18(13)24)9-6-10-17(12)23/h11,14,16H,4-10H2,1-3H3,(H,21,24)(H,22,25)/t14-,16-/m0/s1. The molecule has 1 aromatic heterocycles. The van der Waals surface area contributed by atoms with Gasteiger partial charge in [-0.25, -0.2) is 0 Å². The molecule has 0 aliphatic heterocycles. The van der Waals surface area contributed by atoms with Crippen LogP contribution in [0.2, 0.25) is 0 Å². The fraction of sp³-hybridized carbons (Fsp3) is 0.650. The highest BCUT2D eigenvalue weighted by Crippen LogP contribution is 2.38. The number of hydrogen-bond acceptors (Lipinski definition) is 3. The lowest BCUT2D eigenvalue weighted by Crippen LogP contribution is -2.47. The average molecular weight is 344 g/mol. The van der Waals surface area contributed by atoms with Crippen molar-refractivity contribution in [2.45, 2.75) is 71.8 Å². The third-order valence-electron chi connectivity index (χ3n) is 5.69. The van der Waals surface area contributed by atoms with Crippen molar-refractivity contribution in [1.29, 1.82) is 0 Å². The smallest absolute Gasteiger partial charge is 0.261 e. The summed E-state index contributed by atoms with van der Waals surface area (Å²) in [6.07, 6.45) is 6.23. The van der Waals surface area contributed by atoms with Crippen molar-refractivity contribution >= 4 is 11.7 Å². The van der Waals surface area contributed by atoms with E-state index in [0.717, 1.165) is 25.7 Å². The molecular formula is C20H28N2O3. The zero-order valence-electron chi connectivity index (χ0n) is 15.4. The lowest BCUT2D eigenvalue weighted by Gasteiger charge is -2.40. The summed E-state index contributed by atoms with van der Waals surface area (Å²) in [5, 5.41) is 3.08. The summed E-state index contributed by atoms with van der Waals surface area (Å²) in [7, 11) is 0. The van der Waals surface area contributed by atoms with Gasteiger partial charge in [0.05, 0.1) is 0 Å². The van der Waals surface area contributed by atoms with Gasteiger partial charge in [-0.1, -0.05) is 33.6 Å². The third-order valence-corrected chi connectivity index (χ3v) is 5.69. The minimum absolute atomic E-state index is 0.0109. The van der Waals surface area contributed by atoms with Crippen molar-refractivity contribution in [2.24, 2.45) is 11.3 Å². The highest BCUT2D eigenvalue weighted by Gasteiger charge is 2.35. The molecule has 2 aliphatic rings. The van der Waals surface area contributed by atoms with Crippen LogP contribution in [0, 0.1) is 11.3 Å². The first-order valence-electron chi connectivity index (χ1n) is 9.37. The van der Waals surface area contributed by atoms with Gasteiger partial charge < -0.3 is 10.3 Å². The summed E-state index contributed by atoms with van der Waals surface area (Å²) in [5.41, 5.74) is 0.952. The maximum absolute atomic E-state index is 12.8. The fourth-order valence-corrected chi connectivity index (χ4v) is 4.33. The lowest BCUT2D eigenvalue weighted by atomic mass is 9.69. The Balaban J connectivity index is 1.85. The molecule has 1 amide bonds. The molecule has 0 radical (unpaired) electrons. The van der Waals surface area contributed by atoms with Gasteiger partial charge >= 0.3 is 0 Å². The third kappa shape index (κ3) is 3.70. The SMILES string of the molecule is CC(C)(C)[C@H]1CCCC[C@@H]1NC(=O)c1cc2c([nH]c1=O)CCCC2=O. The van der Waals surface area contributed by atoms with Gasteiger partial charge in [0, 0.05) is 23.7 Å². The molecule has 1 heterocycles. The topological polar surface area (TPSA) is 79.0 Å². The Morgan fingerprint density at radius 1 is 1.12 bits per heavy atom. The number of amides is 1. The Morgan fingerprint density at radius 2 is 1.84 bits per heavy atom. The van der Waals surface area contributed by atoms with Gasteiger partial charge in [0.15, 0.2) is 5.78 Å². The highest BCUT2D eigenvalue weighted by molar-refractivity contribution is 6.01. The molecule has 0 saturated heterocycles. The first kappa shape index (κ1) is 17.9. The van der Waals surface area contributed by atoms with E-state index in [0.29, 0.717) is 30.0 Å². The largest absolute Gasteiger partial charge is 0.349 e. The quantitative estimate of drug-likeness (QED) is 0.864. The van der Waals surface area contributed by atoms with E-state index in [1.165, 1.54) is 12.5 Å². The van der Waals surface area contributed by atoms with Crippen LogP contribution in [0.15, 0.2) is 10.9 Å². The first-order valence-corrected chi connectivity index (χ1v) is 9.37. The Morgan fingerprint density at radius 3 is 2.56 bits per heavy atom. The summed E-state index contributed by atoms with van der Waals surface area (Å²) in [6, 6.07) is 1.58. The van der Waals surface area contributed by atoms with Crippen molar-refractivity contribution in [3.05, 3.63) is 33.2 Å². The molecule has 136 valence electrons. The van der Waals surface area contributed by atoms with Gasteiger partial charge in [0.25, 0.3) is 11.5 Å². The van der Waals surface area contributed by atoms with Crippen molar-refractivity contribution < 1.29 is 9.59 Å². The number of aromatic nitrogens is 1. The first-order chi connectivity index (χ1) is 11.8. The van der Waals surface area contributed by atoms with Crippen LogP contribution in [-0.4, -0.2) is 22.7 Å². The van der Waals surface area contributed by atoms with Crippen LogP contribution in [0.3, 0.4) is 0 Å². The number of nitrogens with one attached hydrogen (secondary N) is 2. The zero-order valence-corrected chi connectivity index (χ0v) is 15.4. The number of pyridine rings is 1. The maximum atomic E-state index is 12.8. The minimum Gasteiger partial charge on any atom is -0.349 e. The Labute approximate surface area is 148 Å². The molecule has 3 rings (SSSR count). The molecule has 2 atom stereocenters. The van der Waals surface area contributed by atoms with Crippen molar-refractivity contribution in [2.75, 3.05) is 0 Å². The van der Waals surface area contributed by atoms with E-state index >= 15 is 0 Å². The molecule has 25 heavy (non-hydrogen) atoms. The van der Waals surface area contributed by atoms with Crippen molar-refractivity contribution in [3.63, 3.8) is 0 Å². The van der Waals surface area contributed by atoms with Crippen LogP contribution in [-0.2, 0) is 6.42 Å². The van der Waals surface area contributed by atoms with Gasteiger partial charge in [-0.05, 0) is 43.1 Å². The number of Topliss-reactive ketones (excluding diaryl/α,β-unsaturated/α-hetero) is 1. The molecule has 2 aliphatic carbocycles. The number of aromatic amines is 1. The number of hydrogen-bond donors (Lipinski definition) is 2. The number of ketones is 1. The second-order valence-electron chi connectivity index (χ2n) is 8.52. The fourth-order valence-electron chi connectivity index (χ4n) is 4.33. The molecule has 5 heteroatoms. The second kappa shape index (κ2) is 6.77. The summed E-state index contributed by atoms with van der Waals surface area (Å²) in [6.45, 7) is 6.60. The van der Waals surface area contributed by atoms with E-state index in [4.69, 9.17) is 0 Å². The van der Waals surface area contributed by atoms with Crippen molar-refractivity contribution in [1.82, 2.24) is 10.3 Å². The molecule has 5 nitrogen and oxygen atoms in total. The number of carbonyl (C=O) groups is 2. The van der Waals surface area contributed by atoms with E-state index in [-0.39, 0.29) is 28.7 Å². The summed E-state index contributed by atoms with van der Waals surface area (Å²) in [5.74, 6) is 0.0453. The minimum atomic E-state index is -0.394. The number of fused-ring (bicyclic) bond motifs is 1. The van der Waals surface area contributed by atoms with Gasteiger partial charge in [-0.15, -0.1) is 0 Å². The Hall–Kier alpha value is -1.91. The van der Waals surface area contributed by atoms with E-state index in [1.807, 2.05) is 0 Å². The molecule has 1 fully saturated rings. The van der Waals surface area contributed by atoms with Crippen LogP contribution in [0.4, 0.5) is 0 Å². The molecule has 0 spiro atoms. The zero-order chi connectivity index (χ0) is 18.2. The monoisotopic (exact) mass is 344 g/mol. The molecule has 1 saturated carbocycles. The molecule has 0 aromatic carbocycles. The van der Waals surface area contributed by atoms with E-state index < -0.39 is 5.56 Å². The number of rotatable bonds is 2. The maximum Gasteiger partial charge on any atom is 0.261 e. The van der Waals surface area contributed by atoms with Gasteiger partial charge in [0.2, 0.25) is 0 Å². The number of carbonyl (C=O) groups excluding carboxylic acids is 2. The van der Waals surface area contributed by atoms with Crippen LogP contribution >= 0.6 is 0 Å². The summed E-state index contributed by atoms with van der Waals surface area (Å²) in [4.78, 5) is 39.9. The molecule has 0 bridgehead atoms. The highest BCUT2D eigenvalue weighted by atomic mass is 16.2. The Bertz CT molecular complexity index is 742. The van der Waals surface area contributed by atoms with Crippen LogP contribution in [0.5, 0.6) is 0 Å². The predicted molar refractivity (Wildman–Crippen MR) is 97.0 cm³/mol. The van der Waals surface area contributed by atoms with Gasteiger partial charge in [-0.3, -0.25) is 14.4 Å². The van der Waals surface area contributed by atoms with E-state index in [9.17, 15) is 14.4 Å². The molecule has 1 aromatic rings. The predicted octanol–water partition coefficient (Wildman–Crippen LogP) is 3.23. The van der Waals surface area contributed by atoms with Gasteiger partial charge in [-0.2, -0.15) is 0 Å². The van der Waals surface area contributed by atoms with E-state index in [1.54, 1.807) is 0 Å². The molecular weight excluding hydrogens is 316 g/mol. The average Bonchev–Trinajstić information content (AvgIpc) is 2.54. The van der Waals surface area contributed by atoms with E-state index in [2.05, 4.69) is 31.1 Å². The van der Waals surface area contributed by atoms with Crippen LogP contribution in [0.25, 0.3) is 0 Å². The van der Waals surface area contributed by atoms with Gasteiger partial charge in [0.1, 0.15) is 5.56 Å². The molecule has 2 N–H and O–H groups in total. The van der Waals surface area contributed by atoms with Crippen molar-refractivity contribution in [3.8, 4) is 0 Å². The van der Waals surface area contributed by atoms with Crippen LogP contribution in [0.1, 0.15) is 85.7 Å². The second-order valence-corrected chi connectivity index (χ2v) is 8.52. The molecule has 0 unspecified atom stereocenters. The van der Waals surface area contributed by atoms with Crippen LogP contribution < -0.4 is 10.9 Å². The number of H-pyrrole nitrogens is 1. The lowest BCUT2D eigenvalue weighted by molar-refractivity contribution is 0.0828. The number of aryl methyl sites for hydroxylation is 1.